The van der Waals surface area contributed by atoms with Crippen molar-refractivity contribution in [3.8, 4) is 11.5 Å². The summed E-state index contributed by atoms with van der Waals surface area (Å²) in [5, 5.41) is 15.8. The lowest BCUT2D eigenvalue weighted by molar-refractivity contribution is -0.384. The van der Waals surface area contributed by atoms with Crippen LogP contribution in [0.25, 0.3) is 10.9 Å². The molecule has 4 rings (SSSR count). The number of benzene rings is 3. The molecule has 0 spiro atoms. The molecule has 0 radical (unpaired) electrons. The molecule has 0 saturated heterocycles. The second-order valence-electron chi connectivity index (χ2n) is 9.33. The van der Waals surface area contributed by atoms with Crippen LogP contribution >= 0.6 is 15.9 Å². The van der Waals surface area contributed by atoms with Crippen LogP contribution in [0.4, 0.5) is 5.69 Å². The van der Waals surface area contributed by atoms with E-state index >= 15 is 0 Å². The highest BCUT2D eigenvalue weighted by molar-refractivity contribution is 9.10. The molecule has 0 aliphatic heterocycles. The number of hydrogen-bond acceptors (Lipinski definition) is 7. The predicted molar refractivity (Wildman–Crippen MR) is 146 cm³/mol. The Bertz CT molecular complexity index is 1560. The first-order valence-corrected chi connectivity index (χ1v) is 12.2. The van der Waals surface area contributed by atoms with Gasteiger partial charge in [0, 0.05) is 22.0 Å². The second-order valence-corrected chi connectivity index (χ2v) is 10.2. The van der Waals surface area contributed by atoms with Crippen molar-refractivity contribution in [1.29, 1.82) is 0 Å². The number of nitro groups is 1. The summed E-state index contributed by atoms with van der Waals surface area (Å²) in [5.41, 5.74) is 1.42. The Morgan fingerprint density at radius 3 is 2.46 bits per heavy atom. The van der Waals surface area contributed by atoms with Crippen LogP contribution in [-0.2, 0) is 12.0 Å². The number of ether oxygens (including phenoxy) is 2. The minimum atomic E-state index is -0.445. The molecule has 0 amide bonds. The Morgan fingerprint density at radius 2 is 1.81 bits per heavy atom. The van der Waals surface area contributed by atoms with E-state index in [9.17, 15) is 14.9 Å². The van der Waals surface area contributed by atoms with E-state index < -0.39 is 10.3 Å². The highest BCUT2D eigenvalue weighted by atomic mass is 79.9. The molecular weight excluding hydrogens is 540 g/mol. The zero-order valence-electron chi connectivity index (χ0n) is 20.8. The summed E-state index contributed by atoms with van der Waals surface area (Å²) in [6.45, 7) is 6.15. The number of non-ortho nitro benzene ring substituents is 1. The fraction of sp³-hybridized carbons (Fsp3) is 0.222. The molecule has 0 aliphatic rings. The molecule has 9 nitrogen and oxygen atoms in total. The lowest BCUT2D eigenvalue weighted by Crippen LogP contribution is -2.29. The van der Waals surface area contributed by atoms with E-state index in [1.165, 1.54) is 23.9 Å². The summed E-state index contributed by atoms with van der Waals surface area (Å²) < 4.78 is 13.5. The van der Waals surface area contributed by atoms with Gasteiger partial charge in [-0.2, -0.15) is 9.78 Å². The molecule has 190 valence electrons. The molecular formula is C27H25BrN4O5. The normalized spacial score (nSPS) is 11.7. The molecule has 37 heavy (non-hydrogen) atoms. The number of methoxy groups -OCH3 is 1. The number of aromatic nitrogens is 2. The van der Waals surface area contributed by atoms with Gasteiger partial charge in [-0.1, -0.05) is 36.7 Å². The van der Waals surface area contributed by atoms with E-state index in [0.29, 0.717) is 33.8 Å². The van der Waals surface area contributed by atoms with E-state index in [2.05, 4.69) is 21.0 Å². The number of nitro benzene ring substituents is 1. The van der Waals surface area contributed by atoms with Crippen LogP contribution in [0.15, 0.2) is 75.0 Å². The summed E-state index contributed by atoms with van der Waals surface area (Å²) in [7, 11) is 1.53. The number of fused-ring (bicyclic) bond motifs is 1. The van der Waals surface area contributed by atoms with Gasteiger partial charge in [0.25, 0.3) is 11.2 Å². The van der Waals surface area contributed by atoms with E-state index in [1.54, 1.807) is 42.6 Å². The molecule has 1 aromatic heterocycles. The molecule has 0 aliphatic carbocycles. The number of halogens is 1. The standard InChI is InChI=1S/C27H25BrN4O5/c1-27(2,3)26-30-22-11-8-19(28)14-21(22)25(33)31(26)29-15-18-7-12-23(24(13-18)36-4)37-16-17-5-9-20(10-6-17)32(34)35/h5-15H,16H2,1-4H3. The average Bonchev–Trinajstić information content (AvgIpc) is 2.87. The third kappa shape index (κ3) is 5.86. The van der Waals surface area contributed by atoms with Crippen LogP contribution in [0.2, 0.25) is 0 Å². The molecule has 0 atom stereocenters. The molecule has 4 aromatic rings. The molecule has 0 bridgehead atoms. The maximum atomic E-state index is 13.3. The lowest BCUT2D eigenvalue weighted by atomic mass is 9.95. The van der Waals surface area contributed by atoms with Crippen molar-refractivity contribution in [3.63, 3.8) is 0 Å². The molecule has 10 heteroatoms. The first kappa shape index (κ1) is 26.0. The smallest absolute Gasteiger partial charge is 0.282 e. The Labute approximate surface area is 221 Å². The van der Waals surface area contributed by atoms with Crippen molar-refractivity contribution in [2.75, 3.05) is 7.11 Å². The Kier molecular flexibility index (Phi) is 7.40. The molecule has 0 saturated carbocycles. The van der Waals surface area contributed by atoms with Gasteiger partial charge in [0.05, 0.1) is 29.2 Å². The third-order valence-corrected chi connectivity index (χ3v) is 6.02. The highest BCUT2D eigenvalue weighted by Gasteiger charge is 2.23. The summed E-state index contributed by atoms with van der Waals surface area (Å²) in [4.78, 5) is 28.4. The molecule has 1 heterocycles. The molecule has 0 unspecified atom stereocenters. The van der Waals surface area contributed by atoms with Crippen molar-refractivity contribution in [3.05, 3.63) is 103 Å². The predicted octanol–water partition coefficient (Wildman–Crippen LogP) is 5.83. The van der Waals surface area contributed by atoms with Gasteiger partial charge in [0.2, 0.25) is 0 Å². The summed E-state index contributed by atoms with van der Waals surface area (Å²) in [6.07, 6.45) is 1.57. The van der Waals surface area contributed by atoms with Crippen molar-refractivity contribution in [2.24, 2.45) is 5.10 Å². The minimum absolute atomic E-state index is 0.0212. The van der Waals surface area contributed by atoms with Crippen molar-refractivity contribution in [1.82, 2.24) is 9.66 Å². The van der Waals surface area contributed by atoms with Crippen molar-refractivity contribution < 1.29 is 14.4 Å². The first-order chi connectivity index (χ1) is 17.6. The van der Waals surface area contributed by atoms with E-state index in [1.807, 2.05) is 32.9 Å². The van der Waals surface area contributed by atoms with Gasteiger partial charge in [-0.05, 0) is 59.7 Å². The zero-order valence-corrected chi connectivity index (χ0v) is 22.4. The molecule has 0 N–H and O–H groups in total. The van der Waals surface area contributed by atoms with Gasteiger partial charge >= 0.3 is 0 Å². The SMILES string of the molecule is COc1cc(C=Nn2c(C(C)(C)C)nc3ccc(Br)cc3c2=O)ccc1OCc1ccc([N+](=O)[O-])cc1. The van der Waals surface area contributed by atoms with Crippen LogP contribution < -0.4 is 15.0 Å². The van der Waals surface area contributed by atoms with Crippen LogP contribution in [0.3, 0.4) is 0 Å². The van der Waals surface area contributed by atoms with Crippen molar-refractivity contribution in [2.45, 2.75) is 32.8 Å². The van der Waals surface area contributed by atoms with Gasteiger partial charge in [-0.15, -0.1) is 0 Å². The van der Waals surface area contributed by atoms with Crippen LogP contribution in [0.1, 0.15) is 37.7 Å². The van der Waals surface area contributed by atoms with Gasteiger partial charge in [-0.25, -0.2) is 4.98 Å². The van der Waals surface area contributed by atoms with Gasteiger partial charge < -0.3 is 9.47 Å². The van der Waals surface area contributed by atoms with E-state index in [0.717, 1.165) is 10.0 Å². The van der Waals surface area contributed by atoms with Crippen molar-refractivity contribution >= 4 is 38.7 Å². The fourth-order valence-corrected chi connectivity index (χ4v) is 3.99. The zero-order chi connectivity index (χ0) is 26.7. The highest BCUT2D eigenvalue weighted by Crippen LogP contribution is 2.29. The number of nitrogens with zero attached hydrogens (tertiary/aromatic N) is 4. The summed E-state index contributed by atoms with van der Waals surface area (Å²) in [5.74, 6) is 1.52. The topological polar surface area (TPSA) is 109 Å². The summed E-state index contributed by atoms with van der Waals surface area (Å²) in [6, 6.07) is 16.9. The number of hydrogen-bond donors (Lipinski definition) is 0. The second kappa shape index (κ2) is 10.5. The van der Waals surface area contributed by atoms with Crippen LogP contribution in [0.5, 0.6) is 11.5 Å². The lowest BCUT2D eigenvalue weighted by Gasteiger charge is -2.20. The largest absolute Gasteiger partial charge is 0.493 e. The van der Waals surface area contributed by atoms with E-state index in [-0.39, 0.29) is 17.9 Å². The molecule has 3 aromatic carbocycles. The van der Waals surface area contributed by atoms with Gasteiger partial charge in [0.1, 0.15) is 12.4 Å². The maximum Gasteiger partial charge on any atom is 0.282 e. The third-order valence-electron chi connectivity index (χ3n) is 5.53. The van der Waals surface area contributed by atoms with Gasteiger partial charge in [-0.3, -0.25) is 14.9 Å². The first-order valence-electron chi connectivity index (χ1n) is 11.4. The quantitative estimate of drug-likeness (QED) is 0.158. The average molecular weight is 565 g/mol. The van der Waals surface area contributed by atoms with E-state index in [4.69, 9.17) is 14.5 Å². The maximum absolute atomic E-state index is 13.3. The fourth-order valence-electron chi connectivity index (χ4n) is 3.62. The van der Waals surface area contributed by atoms with Crippen LogP contribution in [-0.4, -0.2) is 27.9 Å². The Morgan fingerprint density at radius 1 is 1.08 bits per heavy atom. The van der Waals surface area contributed by atoms with Crippen LogP contribution in [0, 0.1) is 10.1 Å². The van der Waals surface area contributed by atoms with Gasteiger partial charge in [0.15, 0.2) is 11.5 Å². The monoisotopic (exact) mass is 564 g/mol. The number of rotatable bonds is 7. The molecule has 0 fully saturated rings. The Hall–Kier alpha value is -4.05. The minimum Gasteiger partial charge on any atom is -0.493 e. The summed E-state index contributed by atoms with van der Waals surface area (Å²) >= 11 is 3.42. The Balaban J connectivity index is 1.62.